The van der Waals surface area contributed by atoms with E-state index in [0.717, 1.165) is 0 Å². The van der Waals surface area contributed by atoms with E-state index in [-0.39, 0.29) is 50.3 Å². The second-order valence-corrected chi connectivity index (χ2v) is 4.65. The van der Waals surface area contributed by atoms with Crippen LogP contribution in [0.15, 0.2) is 35.3 Å². The molecule has 0 bridgehead atoms. The Morgan fingerprint density at radius 3 is 2.62 bits per heavy atom. The van der Waals surface area contributed by atoms with Gasteiger partial charge in [-0.25, -0.2) is 14.8 Å². The summed E-state index contributed by atoms with van der Waals surface area (Å²) in [7, 11) is 0. The summed E-state index contributed by atoms with van der Waals surface area (Å²) >= 11 is 0. The maximum Gasteiger partial charge on any atom is 0.335 e. The quantitative estimate of drug-likeness (QED) is 0.493. The van der Waals surface area contributed by atoms with Crippen molar-refractivity contribution in [3.05, 3.63) is 57.4 Å². The Balaban J connectivity index is 0.00000208. The van der Waals surface area contributed by atoms with Crippen LogP contribution in [0.3, 0.4) is 0 Å². The van der Waals surface area contributed by atoms with Gasteiger partial charge in [-0.2, -0.15) is 4.98 Å². The molecule has 10 heteroatoms. The zero-order valence-electron chi connectivity index (χ0n) is 12.1. The Labute approximate surface area is 149 Å². The molecule has 9 nitrogen and oxygen atoms in total. The van der Waals surface area contributed by atoms with Crippen LogP contribution in [0, 0.1) is 0 Å². The number of benzene rings is 1. The van der Waals surface area contributed by atoms with Crippen LogP contribution in [0.25, 0.3) is 16.5 Å². The van der Waals surface area contributed by atoms with Gasteiger partial charge in [-0.1, -0.05) is 18.7 Å². The number of anilines is 1. The van der Waals surface area contributed by atoms with Gasteiger partial charge in [-0.05, 0) is 12.1 Å². The number of H-pyrrole nitrogens is 1. The van der Waals surface area contributed by atoms with E-state index in [2.05, 4.69) is 25.3 Å². The molecule has 0 amide bonds. The van der Waals surface area contributed by atoms with Gasteiger partial charge in [0.1, 0.15) is 0 Å². The van der Waals surface area contributed by atoms with Gasteiger partial charge in [0.05, 0.1) is 5.56 Å². The van der Waals surface area contributed by atoms with Gasteiger partial charge < -0.3 is 16.2 Å². The Kier molecular flexibility index (Phi) is 5.25. The van der Waals surface area contributed by atoms with E-state index < -0.39 is 11.5 Å². The van der Waals surface area contributed by atoms with Gasteiger partial charge in [0.25, 0.3) is 5.56 Å². The summed E-state index contributed by atoms with van der Waals surface area (Å²) in [5.74, 6) is -1.02. The van der Waals surface area contributed by atoms with Gasteiger partial charge in [-0.3, -0.25) is 9.78 Å². The summed E-state index contributed by atoms with van der Waals surface area (Å²) in [5, 5.41) is 13.1. The number of carboxylic acid groups (broad SMARTS) is 1. The Bertz CT molecular complexity index is 941. The first-order valence-electron chi connectivity index (χ1n) is 6.55. The van der Waals surface area contributed by atoms with Gasteiger partial charge >= 0.3 is 5.97 Å². The molecule has 1 aromatic carbocycles. The van der Waals surface area contributed by atoms with Crippen molar-refractivity contribution in [2.24, 2.45) is 0 Å². The normalized spacial score (nSPS) is 10.2. The smallest absolute Gasteiger partial charge is 0.335 e. The zero-order valence-corrected chi connectivity index (χ0v) is 15.1. The Hall–Kier alpha value is -2.80. The van der Waals surface area contributed by atoms with E-state index in [9.17, 15) is 9.59 Å². The molecule has 0 saturated carbocycles. The van der Waals surface area contributed by atoms with Crippen molar-refractivity contribution in [1.29, 1.82) is 0 Å². The molecule has 0 radical (unpaired) electrons. The van der Waals surface area contributed by atoms with E-state index in [4.69, 9.17) is 10.8 Å². The van der Waals surface area contributed by atoms with Crippen molar-refractivity contribution in [2.75, 3.05) is 5.73 Å². The van der Waals surface area contributed by atoms with E-state index in [0.29, 0.717) is 11.4 Å². The number of aromatic carboxylic acids is 1. The predicted molar refractivity (Wildman–Crippen MR) is 82.5 cm³/mol. The van der Waals surface area contributed by atoms with Gasteiger partial charge in [0.2, 0.25) is 5.95 Å². The topological polar surface area (TPSA) is 149 Å². The van der Waals surface area contributed by atoms with Crippen molar-refractivity contribution in [2.45, 2.75) is 6.54 Å². The molecule has 2 aromatic heterocycles. The molecule has 122 valence electrons. The van der Waals surface area contributed by atoms with E-state index in [1.165, 1.54) is 18.3 Å². The van der Waals surface area contributed by atoms with Gasteiger partial charge in [-0.15, -0.1) is 5.69 Å². The fourth-order valence-corrected chi connectivity index (χ4v) is 1.93. The fraction of sp³-hybridized carbons (Fsp3) is 0.0714. The summed E-state index contributed by atoms with van der Waals surface area (Å²) in [6.45, 7) is 0.194. The number of carboxylic acids is 1. The number of nitrogens with two attached hydrogens (primary N) is 1. The average molecular weight is 495 g/mol. The molecule has 0 aliphatic carbocycles. The molecular formula is C14H11N6O3W-. The molecule has 0 aliphatic heterocycles. The summed E-state index contributed by atoms with van der Waals surface area (Å²) in [6, 6.07) is 6.11. The number of carbonyl (C=O) groups is 1. The fourth-order valence-electron chi connectivity index (χ4n) is 1.93. The van der Waals surface area contributed by atoms with Crippen molar-refractivity contribution in [3.63, 3.8) is 0 Å². The third-order valence-corrected chi connectivity index (χ3v) is 3.02. The minimum Gasteiger partial charge on any atom is -0.679 e. The first-order valence-corrected chi connectivity index (χ1v) is 6.55. The number of nitrogens with one attached hydrogen (secondary N) is 1. The minimum absolute atomic E-state index is 0. The number of aromatic nitrogens is 4. The Morgan fingerprint density at radius 1 is 1.25 bits per heavy atom. The van der Waals surface area contributed by atoms with E-state index in [1.807, 2.05) is 0 Å². The van der Waals surface area contributed by atoms with Gasteiger partial charge in [0, 0.05) is 33.0 Å². The third-order valence-electron chi connectivity index (χ3n) is 3.02. The molecule has 3 rings (SSSR count). The standard InChI is InChI=1S/C14H11N6O3.W/c15-14-19-11-10(12(21)20-14)18-9(6-17-11)5-16-8-3-1-7(2-4-8)13(22)23;/h1-4,6H,5H2,(H,22,23)(H3,15,17,19,20,21);/q-1;. The summed E-state index contributed by atoms with van der Waals surface area (Å²) in [4.78, 5) is 37.0. The SMILES string of the molecule is Nc1nc2ncc(C[N-]c3ccc(C(=O)O)cc3)nc2c(=O)[nH]1.[W]. The van der Waals surface area contributed by atoms with E-state index in [1.54, 1.807) is 12.1 Å². The number of aromatic amines is 1. The number of nitrogens with zero attached hydrogens (tertiary/aromatic N) is 4. The first kappa shape index (κ1) is 17.6. The van der Waals surface area contributed by atoms with Crippen molar-refractivity contribution >= 4 is 28.8 Å². The molecule has 0 atom stereocenters. The molecule has 4 N–H and O–H groups in total. The largest absolute Gasteiger partial charge is 0.679 e. The minimum atomic E-state index is -0.997. The van der Waals surface area contributed by atoms with Crippen molar-refractivity contribution in [3.8, 4) is 0 Å². The number of hydrogen-bond donors (Lipinski definition) is 3. The summed E-state index contributed by atoms with van der Waals surface area (Å²) in [6.07, 6.45) is 1.46. The first-order chi connectivity index (χ1) is 11.0. The molecule has 0 spiro atoms. The van der Waals surface area contributed by atoms with Crippen LogP contribution in [0.5, 0.6) is 0 Å². The van der Waals surface area contributed by atoms with Crippen LogP contribution >= 0.6 is 0 Å². The van der Waals surface area contributed by atoms with Crippen LogP contribution in [-0.4, -0.2) is 31.0 Å². The molecule has 24 heavy (non-hydrogen) atoms. The molecule has 0 fully saturated rings. The maximum atomic E-state index is 11.8. The number of rotatable bonds is 4. The van der Waals surface area contributed by atoms with Crippen LogP contribution in [0.1, 0.15) is 16.1 Å². The van der Waals surface area contributed by atoms with Crippen molar-refractivity contribution in [1.82, 2.24) is 19.9 Å². The molecule has 0 aliphatic rings. The molecular weight excluding hydrogens is 484 g/mol. The zero-order chi connectivity index (χ0) is 16.4. The second-order valence-electron chi connectivity index (χ2n) is 4.65. The number of nitrogen functional groups attached to an aromatic ring is 1. The van der Waals surface area contributed by atoms with Crippen molar-refractivity contribution < 1.29 is 31.0 Å². The van der Waals surface area contributed by atoms with E-state index >= 15 is 0 Å². The van der Waals surface area contributed by atoms with Crippen LogP contribution in [0.4, 0.5) is 11.6 Å². The molecule has 0 saturated heterocycles. The third kappa shape index (κ3) is 3.75. The molecule has 0 unspecified atom stereocenters. The average Bonchev–Trinajstić information content (AvgIpc) is 2.53. The monoisotopic (exact) mass is 495 g/mol. The van der Waals surface area contributed by atoms with Crippen LogP contribution in [0.2, 0.25) is 0 Å². The van der Waals surface area contributed by atoms with Crippen LogP contribution < -0.4 is 11.3 Å². The summed E-state index contributed by atoms with van der Waals surface area (Å²) in [5.41, 5.74) is 6.50. The van der Waals surface area contributed by atoms with Crippen LogP contribution in [-0.2, 0) is 27.6 Å². The Morgan fingerprint density at radius 2 is 1.96 bits per heavy atom. The van der Waals surface area contributed by atoms with Gasteiger partial charge in [0.15, 0.2) is 11.2 Å². The maximum absolute atomic E-state index is 11.8. The number of hydrogen-bond acceptors (Lipinski definition) is 6. The summed E-state index contributed by atoms with van der Waals surface area (Å²) < 4.78 is 0. The number of fused-ring (bicyclic) bond motifs is 1. The molecule has 2 heterocycles. The molecule has 3 aromatic rings. The predicted octanol–water partition coefficient (Wildman–Crippen LogP) is 1.20. The second kappa shape index (κ2) is 7.18.